The van der Waals surface area contributed by atoms with E-state index in [1.54, 1.807) is 28.0 Å². The Kier molecular flexibility index (Phi) is 7.03. The van der Waals surface area contributed by atoms with Crippen molar-refractivity contribution in [2.75, 3.05) is 18.0 Å². The molecule has 0 bridgehead atoms. The molecule has 1 aliphatic heterocycles. The molecule has 2 atom stereocenters. The molecule has 0 saturated carbocycles. The average Bonchev–Trinajstić information content (AvgIpc) is 3.22. The third-order valence-electron chi connectivity index (χ3n) is 6.60. The third kappa shape index (κ3) is 4.71. The van der Waals surface area contributed by atoms with Crippen molar-refractivity contribution in [1.82, 2.24) is 14.9 Å². The average molecular weight is 481 g/mol. The first-order chi connectivity index (χ1) is 16.3. The number of aromatic nitrogens is 2. The lowest BCUT2D eigenvalue weighted by Gasteiger charge is -2.25. The van der Waals surface area contributed by atoms with Gasteiger partial charge in [0.25, 0.3) is 5.56 Å². The van der Waals surface area contributed by atoms with Gasteiger partial charge in [-0.05, 0) is 49.1 Å². The molecule has 34 heavy (non-hydrogen) atoms. The number of hydrogen-bond acceptors (Lipinski definition) is 4. The summed E-state index contributed by atoms with van der Waals surface area (Å²) in [7, 11) is 0. The Morgan fingerprint density at radius 2 is 2.00 bits per heavy atom. The summed E-state index contributed by atoms with van der Waals surface area (Å²) in [5, 5.41) is 0.932. The van der Waals surface area contributed by atoms with Crippen molar-refractivity contribution in [1.29, 1.82) is 0 Å². The molecule has 0 aliphatic carbocycles. The van der Waals surface area contributed by atoms with E-state index in [1.165, 1.54) is 0 Å². The minimum atomic E-state index is -0.445. The van der Waals surface area contributed by atoms with E-state index in [4.69, 9.17) is 11.6 Å². The van der Waals surface area contributed by atoms with Gasteiger partial charge in [-0.3, -0.25) is 14.4 Å². The zero-order valence-corrected chi connectivity index (χ0v) is 20.4. The van der Waals surface area contributed by atoms with E-state index in [1.807, 2.05) is 25.1 Å². The number of nitrogens with one attached hydrogen (secondary N) is 1. The van der Waals surface area contributed by atoms with Crippen LogP contribution in [0.4, 0.5) is 5.69 Å². The fraction of sp³-hybridized carbons (Fsp3) is 0.385. The number of aromatic amines is 1. The number of H-pyrrole nitrogens is 1. The molecule has 0 spiro atoms. The molecule has 7 nitrogen and oxygen atoms in total. The second kappa shape index (κ2) is 9.97. The van der Waals surface area contributed by atoms with E-state index >= 15 is 0 Å². The van der Waals surface area contributed by atoms with Gasteiger partial charge in [0, 0.05) is 30.2 Å². The van der Waals surface area contributed by atoms with Crippen LogP contribution in [0.1, 0.15) is 50.9 Å². The number of benzene rings is 2. The van der Waals surface area contributed by atoms with Crippen molar-refractivity contribution in [3.05, 3.63) is 69.2 Å². The van der Waals surface area contributed by atoms with Crippen molar-refractivity contribution in [3.63, 3.8) is 0 Å². The maximum atomic E-state index is 13.4. The maximum Gasteiger partial charge on any atom is 0.258 e. The lowest BCUT2D eigenvalue weighted by molar-refractivity contribution is -0.136. The normalized spacial score (nSPS) is 16.8. The molecule has 1 N–H and O–H groups in total. The van der Waals surface area contributed by atoms with Crippen LogP contribution >= 0.6 is 11.6 Å². The molecule has 3 aromatic rings. The fourth-order valence-electron chi connectivity index (χ4n) is 4.50. The van der Waals surface area contributed by atoms with Crippen LogP contribution in [0.15, 0.2) is 47.3 Å². The molecule has 2 aromatic carbocycles. The van der Waals surface area contributed by atoms with Crippen LogP contribution in [0.5, 0.6) is 0 Å². The molecule has 4 rings (SSSR count). The van der Waals surface area contributed by atoms with Gasteiger partial charge in [0.05, 0.1) is 23.4 Å². The molecule has 0 radical (unpaired) electrons. The standard InChI is InChI=1S/C26H29ClN4O3/c1-4-16(3)19-8-6-7-9-22(19)31-14-17(12-24(31)32)26(34)30(5-2)15-23-28-21-13-18(27)10-11-20(21)25(33)29-23/h6-11,13,16-17H,4-5,12,14-15H2,1-3H3,(H,28,29,33)/t16-,17-/m0/s1. The van der Waals surface area contributed by atoms with Gasteiger partial charge >= 0.3 is 0 Å². The summed E-state index contributed by atoms with van der Waals surface area (Å²) in [6.07, 6.45) is 1.13. The number of anilines is 1. The molecule has 1 fully saturated rings. The number of rotatable bonds is 7. The first kappa shape index (κ1) is 24.0. The summed E-state index contributed by atoms with van der Waals surface area (Å²) < 4.78 is 0. The Morgan fingerprint density at radius 3 is 2.74 bits per heavy atom. The molecule has 1 aliphatic rings. The maximum absolute atomic E-state index is 13.4. The van der Waals surface area contributed by atoms with Gasteiger partial charge in [0.1, 0.15) is 5.82 Å². The number of halogens is 1. The van der Waals surface area contributed by atoms with Crippen LogP contribution < -0.4 is 10.5 Å². The largest absolute Gasteiger partial charge is 0.335 e. The number of nitrogens with zero attached hydrogens (tertiary/aromatic N) is 3. The molecule has 1 saturated heterocycles. The highest BCUT2D eigenvalue weighted by molar-refractivity contribution is 6.31. The van der Waals surface area contributed by atoms with Gasteiger partial charge in [-0.15, -0.1) is 0 Å². The Hall–Kier alpha value is -3.19. The SMILES string of the molecule is CC[C@H](C)c1ccccc1N1C[C@@H](C(=O)N(CC)Cc2nc3cc(Cl)ccc3c(=O)[nH]2)CC1=O. The van der Waals surface area contributed by atoms with E-state index in [2.05, 4.69) is 29.9 Å². The second-order valence-corrected chi connectivity index (χ2v) is 9.24. The molecule has 0 unspecified atom stereocenters. The summed E-state index contributed by atoms with van der Waals surface area (Å²) in [5.41, 5.74) is 2.22. The van der Waals surface area contributed by atoms with Crippen molar-refractivity contribution in [2.24, 2.45) is 5.92 Å². The Labute approximate surface area is 203 Å². The van der Waals surface area contributed by atoms with Crippen molar-refractivity contribution < 1.29 is 9.59 Å². The summed E-state index contributed by atoms with van der Waals surface area (Å²) >= 11 is 6.06. The monoisotopic (exact) mass is 480 g/mol. The second-order valence-electron chi connectivity index (χ2n) is 8.80. The van der Waals surface area contributed by atoms with Crippen LogP contribution in [0.25, 0.3) is 10.9 Å². The highest BCUT2D eigenvalue weighted by atomic mass is 35.5. The smallest absolute Gasteiger partial charge is 0.258 e. The highest BCUT2D eigenvalue weighted by Crippen LogP contribution is 2.34. The fourth-order valence-corrected chi connectivity index (χ4v) is 4.66. The summed E-state index contributed by atoms with van der Waals surface area (Å²) in [6.45, 7) is 7.08. The Morgan fingerprint density at radius 1 is 1.24 bits per heavy atom. The summed E-state index contributed by atoms with van der Waals surface area (Å²) in [6, 6.07) is 12.8. The lowest BCUT2D eigenvalue weighted by atomic mass is 9.96. The number of carbonyl (C=O) groups is 2. The van der Waals surface area contributed by atoms with Gasteiger partial charge in [-0.1, -0.05) is 43.6 Å². The van der Waals surface area contributed by atoms with Gasteiger partial charge in [0.2, 0.25) is 11.8 Å². The zero-order valence-electron chi connectivity index (χ0n) is 19.7. The molecular formula is C26H29ClN4O3. The molecular weight excluding hydrogens is 452 g/mol. The van der Waals surface area contributed by atoms with E-state index in [9.17, 15) is 14.4 Å². The minimum absolute atomic E-state index is 0.0444. The van der Waals surface area contributed by atoms with Crippen LogP contribution in [0, 0.1) is 5.92 Å². The van der Waals surface area contributed by atoms with Crippen molar-refractivity contribution in [3.8, 4) is 0 Å². The van der Waals surface area contributed by atoms with Gasteiger partial charge < -0.3 is 14.8 Å². The molecule has 2 heterocycles. The predicted octanol–water partition coefficient (Wildman–Crippen LogP) is 4.49. The van der Waals surface area contributed by atoms with Gasteiger partial charge in [-0.25, -0.2) is 4.98 Å². The molecule has 2 amide bonds. The van der Waals surface area contributed by atoms with Crippen LogP contribution in [-0.2, 0) is 16.1 Å². The van der Waals surface area contributed by atoms with E-state index in [0.717, 1.165) is 17.7 Å². The van der Waals surface area contributed by atoms with Gasteiger partial charge in [-0.2, -0.15) is 0 Å². The topological polar surface area (TPSA) is 86.4 Å². The number of para-hydroxylation sites is 1. The predicted molar refractivity (Wildman–Crippen MR) is 134 cm³/mol. The molecule has 178 valence electrons. The minimum Gasteiger partial charge on any atom is -0.335 e. The first-order valence-corrected chi connectivity index (χ1v) is 12.1. The van der Waals surface area contributed by atoms with Gasteiger partial charge in [0.15, 0.2) is 0 Å². The van der Waals surface area contributed by atoms with Crippen molar-refractivity contribution >= 4 is 40.0 Å². The Balaban J connectivity index is 1.54. The number of hydrogen-bond donors (Lipinski definition) is 1. The number of amides is 2. The number of fused-ring (bicyclic) bond motifs is 1. The third-order valence-corrected chi connectivity index (χ3v) is 6.83. The van der Waals surface area contributed by atoms with E-state index in [0.29, 0.717) is 40.8 Å². The summed E-state index contributed by atoms with van der Waals surface area (Å²) in [4.78, 5) is 49.4. The molecule has 8 heteroatoms. The van der Waals surface area contributed by atoms with E-state index in [-0.39, 0.29) is 30.3 Å². The quantitative estimate of drug-likeness (QED) is 0.539. The first-order valence-electron chi connectivity index (χ1n) is 11.7. The van der Waals surface area contributed by atoms with Crippen molar-refractivity contribution in [2.45, 2.75) is 46.1 Å². The van der Waals surface area contributed by atoms with Crippen LogP contribution in [0.2, 0.25) is 5.02 Å². The molecule has 1 aromatic heterocycles. The van der Waals surface area contributed by atoms with E-state index < -0.39 is 5.92 Å². The summed E-state index contributed by atoms with van der Waals surface area (Å²) in [5.74, 6) is 0.0952. The lowest BCUT2D eigenvalue weighted by Crippen LogP contribution is -2.38. The van der Waals surface area contributed by atoms with Crippen LogP contribution in [-0.4, -0.2) is 39.8 Å². The highest BCUT2D eigenvalue weighted by Gasteiger charge is 2.38. The zero-order chi connectivity index (χ0) is 24.4. The number of carbonyl (C=O) groups excluding carboxylic acids is 2. The van der Waals surface area contributed by atoms with Crippen LogP contribution in [0.3, 0.4) is 0 Å². The Bertz CT molecular complexity index is 1290.